The van der Waals surface area contributed by atoms with Gasteiger partial charge in [0.15, 0.2) is 0 Å². The van der Waals surface area contributed by atoms with Crippen LogP contribution in [0, 0.1) is 13.8 Å². The number of aryl methyl sites for hydroxylation is 2. The van der Waals surface area contributed by atoms with Crippen LogP contribution in [0.1, 0.15) is 22.3 Å². The summed E-state index contributed by atoms with van der Waals surface area (Å²) < 4.78 is 5.36. The summed E-state index contributed by atoms with van der Waals surface area (Å²) in [6.45, 7) is 3.95. The number of hydrogen-bond donors (Lipinski definition) is 1. The Hall–Kier alpha value is -2.82. The first-order valence-electron chi connectivity index (χ1n) is 7.80. The van der Waals surface area contributed by atoms with E-state index in [9.17, 15) is 14.7 Å². The van der Waals surface area contributed by atoms with Crippen LogP contribution in [0.15, 0.2) is 42.5 Å². The second-order valence-electron chi connectivity index (χ2n) is 6.06. The fourth-order valence-corrected chi connectivity index (χ4v) is 3.21. The summed E-state index contributed by atoms with van der Waals surface area (Å²) in [6, 6.07) is 12.3. The Balaban J connectivity index is 1.87. The first-order valence-corrected chi connectivity index (χ1v) is 7.80. The van der Waals surface area contributed by atoms with E-state index in [-0.39, 0.29) is 6.61 Å². The van der Waals surface area contributed by atoms with Crippen LogP contribution in [-0.4, -0.2) is 23.2 Å². The molecule has 1 N–H and O–H groups in total. The van der Waals surface area contributed by atoms with Gasteiger partial charge in [-0.05, 0) is 30.5 Å². The van der Waals surface area contributed by atoms with Crippen molar-refractivity contribution in [3.8, 4) is 0 Å². The van der Waals surface area contributed by atoms with E-state index < -0.39 is 18.1 Å². The van der Waals surface area contributed by atoms with Crippen molar-refractivity contribution in [2.45, 2.75) is 32.9 Å². The van der Waals surface area contributed by atoms with Gasteiger partial charge in [-0.15, -0.1) is 0 Å². The molecule has 124 valence electrons. The summed E-state index contributed by atoms with van der Waals surface area (Å²) in [7, 11) is 0. The van der Waals surface area contributed by atoms with Gasteiger partial charge in [0, 0.05) is 6.42 Å². The predicted molar refractivity (Wildman–Crippen MR) is 90.1 cm³/mol. The largest absolute Gasteiger partial charge is 0.480 e. The number of carbonyl (C=O) groups is 2. The van der Waals surface area contributed by atoms with E-state index in [1.54, 1.807) is 0 Å². The summed E-state index contributed by atoms with van der Waals surface area (Å²) in [5.74, 6) is -1.03. The molecule has 1 atom stereocenters. The van der Waals surface area contributed by atoms with Crippen LogP contribution in [0.5, 0.6) is 0 Å². The van der Waals surface area contributed by atoms with Crippen LogP contribution < -0.4 is 4.90 Å². The molecule has 0 fully saturated rings. The number of carbonyl (C=O) groups excluding carboxylic acids is 1. The zero-order valence-electron chi connectivity index (χ0n) is 13.7. The maximum Gasteiger partial charge on any atom is 0.415 e. The van der Waals surface area contributed by atoms with Crippen molar-refractivity contribution in [3.63, 3.8) is 0 Å². The summed E-state index contributed by atoms with van der Waals surface area (Å²) >= 11 is 0. The van der Waals surface area contributed by atoms with Crippen molar-refractivity contribution in [1.82, 2.24) is 0 Å². The molecule has 0 unspecified atom stereocenters. The lowest BCUT2D eigenvalue weighted by atomic mass is 10.0. The number of carboxylic acid groups (broad SMARTS) is 1. The van der Waals surface area contributed by atoms with E-state index in [2.05, 4.69) is 0 Å². The fourth-order valence-electron chi connectivity index (χ4n) is 3.21. The Kier molecular flexibility index (Phi) is 4.25. The molecule has 24 heavy (non-hydrogen) atoms. The standard InChI is InChI=1S/C19H19NO4/c1-12-8-13(2)17-15(9-12)10-16(18(21)22)20(17)19(23)24-11-14-6-4-3-5-7-14/h3-9,16H,10-11H2,1-2H3,(H,21,22)/t16-/m1/s1. The van der Waals surface area contributed by atoms with E-state index in [4.69, 9.17) is 4.74 Å². The lowest BCUT2D eigenvalue weighted by molar-refractivity contribution is -0.138. The molecule has 5 nitrogen and oxygen atoms in total. The van der Waals surface area contributed by atoms with E-state index in [0.29, 0.717) is 12.1 Å². The first kappa shape index (κ1) is 16.1. The van der Waals surface area contributed by atoms with Gasteiger partial charge < -0.3 is 9.84 Å². The SMILES string of the molecule is Cc1cc(C)c2c(c1)C[C@H](C(=O)O)N2C(=O)OCc1ccccc1. The van der Waals surface area contributed by atoms with Crippen LogP contribution in [0.2, 0.25) is 0 Å². The summed E-state index contributed by atoms with van der Waals surface area (Å²) in [6.07, 6.45) is -0.329. The van der Waals surface area contributed by atoms with Crippen LogP contribution >= 0.6 is 0 Å². The number of fused-ring (bicyclic) bond motifs is 1. The van der Waals surface area contributed by atoms with Gasteiger partial charge in [-0.1, -0.05) is 48.0 Å². The molecule has 0 aliphatic carbocycles. The highest BCUT2D eigenvalue weighted by atomic mass is 16.6. The van der Waals surface area contributed by atoms with Crippen molar-refractivity contribution in [3.05, 3.63) is 64.7 Å². The van der Waals surface area contributed by atoms with E-state index >= 15 is 0 Å². The Morgan fingerprint density at radius 3 is 2.58 bits per heavy atom. The topological polar surface area (TPSA) is 66.8 Å². The molecule has 0 radical (unpaired) electrons. The monoisotopic (exact) mass is 325 g/mol. The zero-order chi connectivity index (χ0) is 17.3. The second kappa shape index (κ2) is 6.35. The first-order chi connectivity index (χ1) is 11.5. The summed E-state index contributed by atoms with van der Waals surface area (Å²) in [4.78, 5) is 25.5. The molecule has 3 rings (SSSR count). The van der Waals surface area contributed by atoms with Crippen molar-refractivity contribution in [2.24, 2.45) is 0 Å². The van der Waals surface area contributed by atoms with Gasteiger partial charge in [0.05, 0.1) is 5.69 Å². The third kappa shape index (κ3) is 2.97. The lowest BCUT2D eigenvalue weighted by Crippen LogP contribution is -2.43. The van der Waals surface area contributed by atoms with Gasteiger partial charge in [-0.3, -0.25) is 4.90 Å². The van der Waals surface area contributed by atoms with Gasteiger partial charge in [-0.25, -0.2) is 9.59 Å². The number of benzene rings is 2. The smallest absolute Gasteiger partial charge is 0.415 e. The molecule has 1 aliphatic rings. The molecule has 0 spiro atoms. The molecule has 5 heteroatoms. The zero-order valence-corrected chi connectivity index (χ0v) is 13.7. The van der Waals surface area contributed by atoms with Crippen LogP contribution in [0.3, 0.4) is 0 Å². The van der Waals surface area contributed by atoms with Gasteiger partial charge in [0.1, 0.15) is 12.6 Å². The third-order valence-corrected chi connectivity index (χ3v) is 4.18. The van der Waals surface area contributed by atoms with E-state index in [1.807, 2.05) is 56.3 Å². The third-order valence-electron chi connectivity index (χ3n) is 4.18. The molecule has 0 saturated carbocycles. The molecule has 0 saturated heterocycles. The van der Waals surface area contributed by atoms with E-state index in [1.165, 1.54) is 4.90 Å². The highest BCUT2D eigenvalue weighted by Crippen LogP contribution is 2.36. The number of aliphatic carboxylic acids is 1. The van der Waals surface area contributed by atoms with Crippen molar-refractivity contribution >= 4 is 17.7 Å². The Morgan fingerprint density at radius 2 is 1.92 bits per heavy atom. The highest BCUT2D eigenvalue weighted by molar-refractivity contribution is 5.99. The number of rotatable bonds is 3. The van der Waals surface area contributed by atoms with Gasteiger partial charge in [-0.2, -0.15) is 0 Å². The maximum atomic E-state index is 12.6. The average Bonchev–Trinajstić information content (AvgIpc) is 2.93. The minimum Gasteiger partial charge on any atom is -0.480 e. The molecule has 1 amide bonds. The Bertz CT molecular complexity index is 785. The predicted octanol–water partition coefficient (Wildman–Crippen LogP) is 3.46. The maximum absolute atomic E-state index is 12.6. The van der Waals surface area contributed by atoms with Gasteiger partial charge in [0.25, 0.3) is 0 Å². The average molecular weight is 325 g/mol. The molecule has 1 heterocycles. The summed E-state index contributed by atoms with van der Waals surface area (Å²) in [5.41, 5.74) is 4.32. The molecular formula is C19H19NO4. The van der Waals surface area contributed by atoms with Crippen molar-refractivity contribution in [2.75, 3.05) is 4.90 Å². The lowest BCUT2D eigenvalue weighted by Gasteiger charge is -2.23. The van der Waals surface area contributed by atoms with Crippen molar-refractivity contribution in [1.29, 1.82) is 0 Å². The highest BCUT2D eigenvalue weighted by Gasteiger charge is 2.40. The minimum absolute atomic E-state index is 0.114. The van der Waals surface area contributed by atoms with Gasteiger partial charge >= 0.3 is 12.1 Å². The van der Waals surface area contributed by atoms with E-state index in [0.717, 1.165) is 22.3 Å². The number of hydrogen-bond acceptors (Lipinski definition) is 3. The molecule has 1 aliphatic heterocycles. The Morgan fingerprint density at radius 1 is 1.21 bits per heavy atom. The van der Waals surface area contributed by atoms with Crippen LogP contribution in [-0.2, 0) is 22.6 Å². The normalized spacial score (nSPS) is 15.9. The molecule has 0 aromatic heterocycles. The number of anilines is 1. The number of nitrogens with zero attached hydrogens (tertiary/aromatic N) is 1. The second-order valence-corrected chi connectivity index (χ2v) is 6.06. The fraction of sp³-hybridized carbons (Fsp3) is 0.263. The summed E-state index contributed by atoms with van der Waals surface area (Å²) in [5, 5.41) is 9.50. The molecule has 0 bridgehead atoms. The number of amides is 1. The van der Waals surface area contributed by atoms with Crippen molar-refractivity contribution < 1.29 is 19.4 Å². The number of ether oxygens (including phenoxy) is 1. The number of carboxylic acids is 1. The van der Waals surface area contributed by atoms with Gasteiger partial charge in [0.2, 0.25) is 0 Å². The molecular weight excluding hydrogens is 306 g/mol. The quantitative estimate of drug-likeness (QED) is 0.938. The Labute approximate surface area is 140 Å². The van der Waals surface area contributed by atoms with Crippen LogP contribution in [0.4, 0.5) is 10.5 Å². The molecule has 2 aromatic carbocycles. The molecule has 2 aromatic rings. The minimum atomic E-state index is -1.03. The van der Waals surface area contributed by atoms with Crippen LogP contribution in [0.25, 0.3) is 0 Å².